The first-order valence-corrected chi connectivity index (χ1v) is 4.16. The molecule has 0 saturated heterocycles. The number of unbranched alkanes of at least 4 members (excludes halogenated alkanes) is 1. The van der Waals surface area contributed by atoms with Gasteiger partial charge in [-0.05, 0) is 6.42 Å². The minimum atomic E-state index is -0.948. The molecular weight excluding hydrogens is 156 g/mol. The third-order valence-corrected chi connectivity index (χ3v) is 1.84. The Hall–Kier alpha value is -0.830. The number of hydrogen-bond donors (Lipinski definition) is 2. The standard InChI is InChI=1S/C9H16O3/c1-3-5-6-7(9(11)12)8(10)4-2/h4,7-8,10H,2-3,5-6H2,1H3,(H,11,12). The summed E-state index contributed by atoms with van der Waals surface area (Å²) in [5, 5.41) is 17.9. The Kier molecular flexibility index (Phi) is 5.37. The minimum Gasteiger partial charge on any atom is -0.481 e. The third kappa shape index (κ3) is 3.53. The molecule has 3 heteroatoms. The molecule has 0 spiro atoms. The number of aliphatic carboxylic acids is 1. The van der Waals surface area contributed by atoms with Crippen molar-refractivity contribution in [2.45, 2.75) is 32.3 Å². The molecule has 0 heterocycles. The lowest BCUT2D eigenvalue weighted by atomic mass is 9.96. The Balaban J connectivity index is 4.03. The first-order valence-electron chi connectivity index (χ1n) is 4.16. The molecule has 2 unspecified atom stereocenters. The van der Waals surface area contributed by atoms with Crippen LogP contribution in [0.4, 0.5) is 0 Å². The molecular formula is C9H16O3. The van der Waals surface area contributed by atoms with E-state index in [1.54, 1.807) is 0 Å². The highest BCUT2D eigenvalue weighted by molar-refractivity contribution is 5.71. The Morgan fingerprint density at radius 1 is 1.67 bits per heavy atom. The molecule has 3 nitrogen and oxygen atoms in total. The second-order valence-electron chi connectivity index (χ2n) is 2.81. The van der Waals surface area contributed by atoms with Crippen molar-refractivity contribution in [1.29, 1.82) is 0 Å². The summed E-state index contributed by atoms with van der Waals surface area (Å²) in [7, 11) is 0. The number of carbonyl (C=O) groups is 1. The van der Waals surface area contributed by atoms with Crippen molar-refractivity contribution in [3.63, 3.8) is 0 Å². The highest BCUT2D eigenvalue weighted by Gasteiger charge is 2.22. The molecule has 0 aromatic heterocycles. The van der Waals surface area contributed by atoms with E-state index in [-0.39, 0.29) is 0 Å². The monoisotopic (exact) mass is 172 g/mol. The van der Waals surface area contributed by atoms with Crippen molar-refractivity contribution < 1.29 is 15.0 Å². The number of aliphatic hydroxyl groups is 1. The SMILES string of the molecule is C=CC(O)C(CCCC)C(=O)O. The largest absolute Gasteiger partial charge is 0.481 e. The Morgan fingerprint density at radius 2 is 2.25 bits per heavy atom. The Morgan fingerprint density at radius 3 is 2.58 bits per heavy atom. The molecule has 0 aromatic carbocycles. The molecule has 0 aliphatic heterocycles. The molecule has 2 atom stereocenters. The molecule has 0 aromatic rings. The van der Waals surface area contributed by atoms with E-state index in [4.69, 9.17) is 5.11 Å². The van der Waals surface area contributed by atoms with Crippen LogP contribution in [0, 0.1) is 5.92 Å². The lowest BCUT2D eigenvalue weighted by molar-refractivity contribution is -0.144. The lowest BCUT2D eigenvalue weighted by Gasteiger charge is -2.14. The van der Waals surface area contributed by atoms with Gasteiger partial charge in [-0.3, -0.25) is 4.79 Å². The first-order chi connectivity index (χ1) is 5.63. The van der Waals surface area contributed by atoms with Crippen molar-refractivity contribution >= 4 is 5.97 Å². The Bertz CT molecular complexity index is 154. The first kappa shape index (κ1) is 11.2. The van der Waals surface area contributed by atoms with Crippen LogP contribution >= 0.6 is 0 Å². The number of carboxylic acid groups (broad SMARTS) is 1. The van der Waals surface area contributed by atoms with E-state index in [9.17, 15) is 9.90 Å². The van der Waals surface area contributed by atoms with Crippen LogP contribution in [0.15, 0.2) is 12.7 Å². The Labute approximate surface area is 72.7 Å². The van der Waals surface area contributed by atoms with Crippen molar-refractivity contribution in [2.24, 2.45) is 5.92 Å². The maximum absolute atomic E-state index is 10.6. The van der Waals surface area contributed by atoms with Gasteiger partial charge in [0.1, 0.15) is 0 Å². The van der Waals surface area contributed by atoms with Gasteiger partial charge in [0, 0.05) is 0 Å². The summed E-state index contributed by atoms with van der Waals surface area (Å²) in [5.74, 6) is -1.64. The molecule has 0 radical (unpaired) electrons. The zero-order chi connectivity index (χ0) is 9.56. The fraction of sp³-hybridized carbons (Fsp3) is 0.667. The summed E-state index contributed by atoms with van der Waals surface area (Å²) in [4.78, 5) is 10.6. The van der Waals surface area contributed by atoms with Crippen LogP contribution in [-0.2, 0) is 4.79 Å². The van der Waals surface area contributed by atoms with Crippen LogP contribution in [0.2, 0.25) is 0 Å². The summed E-state index contributed by atoms with van der Waals surface area (Å²) in [5.41, 5.74) is 0. The number of rotatable bonds is 6. The van der Waals surface area contributed by atoms with Gasteiger partial charge in [-0.15, -0.1) is 6.58 Å². The fourth-order valence-corrected chi connectivity index (χ4v) is 1.03. The second-order valence-corrected chi connectivity index (χ2v) is 2.81. The van der Waals surface area contributed by atoms with Gasteiger partial charge in [0.05, 0.1) is 12.0 Å². The number of aliphatic hydroxyl groups excluding tert-OH is 1. The maximum atomic E-state index is 10.6. The lowest BCUT2D eigenvalue weighted by Crippen LogP contribution is -2.26. The average Bonchev–Trinajstić information content (AvgIpc) is 2.04. The van der Waals surface area contributed by atoms with E-state index in [1.807, 2.05) is 6.92 Å². The number of hydrogen-bond acceptors (Lipinski definition) is 2. The van der Waals surface area contributed by atoms with E-state index >= 15 is 0 Å². The van der Waals surface area contributed by atoms with Crippen LogP contribution in [0.3, 0.4) is 0 Å². The summed E-state index contributed by atoms with van der Waals surface area (Å²) in [6.45, 7) is 5.34. The van der Waals surface area contributed by atoms with Gasteiger partial charge < -0.3 is 10.2 Å². The van der Waals surface area contributed by atoms with Gasteiger partial charge >= 0.3 is 5.97 Å². The minimum absolute atomic E-state index is 0.513. The predicted molar refractivity (Wildman–Crippen MR) is 46.9 cm³/mol. The molecule has 0 saturated carbocycles. The average molecular weight is 172 g/mol. The van der Waals surface area contributed by atoms with Crippen LogP contribution in [0.25, 0.3) is 0 Å². The molecule has 0 fully saturated rings. The van der Waals surface area contributed by atoms with Crippen molar-refractivity contribution in [3.05, 3.63) is 12.7 Å². The summed E-state index contributed by atoms with van der Waals surface area (Å²) in [6, 6.07) is 0. The highest BCUT2D eigenvalue weighted by Crippen LogP contribution is 2.13. The van der Waals surface area contributed by atoms with Crippen molar-refractivity contribution in [3.8, 4) is 0 Å². The van der Waals surface area contributed by atoms with Gasteiger partial charge in [0.15, 0.2) is 0 Å². The molecule has 70 valence electrons. The normalized spacial score (nSPS) is 15.2. The highest BCUT2D eigenvalue weighted by atomic mass is 16.4. The van der Waals surface area contributed by atoms with E-state index in [0.29, 0.717) is 6.42 Å². The van der Waals surface area contributed by atoms with Gasteiger partial charge in [-0.2, -0.15) is 0 Å². The van der Waals surface area contributed by atoms with Crippen LogP contribution in [0.5, 0.6) is 0 Å². The topological polar surface area (TPSA) is 57.5 Å². The molecule has 0 amide bonds. The summed E-state index contributed by atoms with van der Waals surface area (Å²) in [6.07, 6.45) is 2.62. The number of carboxylic acids is 1. The smallest absolute Gasteiger partial charge is 0.309 e. The van der Waals surface area contributed by atoms with Crippen LogP contribution in [0.1, 0.15) is 26.2 Å². The van der Waals surface area contributed by atoms with Crippen LogP contribution < -0.4 is 0 Å². The van der Waals surface area contributed by atoms with E-state index in [0.717, 1.165) is 12.8 Å². The van der Waals surface area contributed by atoms with Crippen molar-refractivity contribution in [1.82, 2.24) is 0 Å². The predicted octanol–water partition coefficient (Wildman–Crippen LogP) is 1.42. The van der Waals surface area contributed by atoms with Crippen LogP contribution in [-0.4, -0.2) is 22.3 Å². The molecule has 12 heavy (non-hydrogen) atoms. The third-order valence-electron chi connectivity index (χ3n) is 1.84. The molecule has 2 N–H and O–H groups in total. The van der Waals surface area contributed by atoms with Gasteiger partial charge in [0.2, 0.25) is 0 Å². The van der Waals surface area contributed by atoms with E-state index < -0.39 is 18.0 Å². The molecule has 0 rings (SSSR count). The van der Waals surface area contributed by atoms with E-state index in [1.165, 1.54) is 6.08 Å². The van der Waals surface area contributed by atoms with Gasteiger partial charge in [-0.1, -0.05) is 25.8 Å². The summed E-state index contributed by atoms with van der Waals surface area (Å²) < 4.78 is 0. The quantitative estimate of drug-likeness (QED) is 0.596. The second kappa shape index (κ2) is 5.77. The fourth-order valence-electron chi connectivity index (χ4n) is 1.03. The molecule has 0 aliphatic rings. The molecule has 0 bridgehead atoms. The van der Waals surface area contributed by atoms with Crippen molar-refractivity contribution in [2.75, 3.05) is 0 Å². The zero-order valence-electron chi connectivity index (χ0n) is 7.36. The van der Waals surface area contributed by atoms with Gasteiger partial charge in [0.25, 0.3) is 0 Å². The van der Waals surface area contributed by atoms with Gasteiger partial charge in [-0.25, -0.2) is 0 Å². The molecule has 0 aliphatic carbocycles. The summed E-state index contributed by atoms with van der Waals surface area (Å²) >= 11 is 0. The van der Waals surface area contributed by atoms with E-state index in [2.05, 4.69) is 6.58 Å². The zero-order valence-corrected chi connectivity index (χ0v) is 7.36. The maximum Gasteiger partial charge on any atom is 0.309 e.